The van der Waals surface area contributed by atoms with Crippen molar-refractivity contribution in [3.8, 4) is 0 Å². The first-order chi connectivity index (χ1) is 10.1. The molecule has 0 aliphatic carbocycles. The van der Waals surface area contributed by atoms with Gasteiger partial charge in [-0.25, -0.2) is 0 Å². The standard InChI is InChI=1S/C16H23Cl2NO2/c1-11(3-2-7-20)19-16(12-6-8-21-10-12)14-9-13(17)4-5-15(14)18/h4-5,9,11-12,16,19-20H,2-3,6-8,10H2,1H3. The van der Waals surface area contributed by atoms with Gasteiger partial charge in [-0.3, -0.25) is 0 Å². The van der Waals surface area contributed by atoms with Crippen LogP contribution >= 0.6 is 23.2 Å². The lowest BCUT2D eigenvalue weighted by atomic mass is 9.91. The largest absolute Gasteiger partial charge is 0.396 e. The molecule has 2 N–H and O–H groups in total. The minimum absolute atomic E-state index is 0.132. The van der Waals surface area contributed by atoms with Gasteiger partial charge in [-0.15, -0.1) is 0 Å². The van der Waals surface area contributed by atoms with E-state index in [4.69, 9.17) is 33.0 Å². The number of hydrogen-bond donors (Lipinski definition) is 2. The topological polar surface area (TPSA) is 41.5 Å². The first-order valence-corrected chi connectivity index (χ1v) is 8.27. The van der Waals surface area contributed by atoms with Crippen LogP contribution in [0.1, 0.15) is 37.8 Å². The number of ether oxygens (including phenoxy) is 1. The summed E-state index contributed by atoms with van der Waals surface area (Å²) in [5.74, 6) is 0.401. The van der Waals surface area contributed by atoms with E-state index in [0.717, 1.165) is 43.1 Å². The molecule has 1 saturated heterocycles. The maximum absolute atomic E-state index is 8.97. The van der Waals surface area contributed by atoms with Crippen LogP contribution < -0.4 is 5.32 Å². The highest BCUT2D eigenvalue weighted by molar-refractivity contribution is 6.33. The molecule has 5 heteroatoms. The number of rotatable bonds is 7. The summed E-state index contributed by atoms with van der Waals surface area (Å²) < 4.78 is 5.54. The van der Waals surface area contributed by atoms with Crippen LogP contribution in [-0.2, 0) is 4.74 Å². The van der Waals surface area contributed by atoms with Crippen LogP contribution in [0.15, 0.2) is 18.2 Å². The second-order valence-electron chi connectivity index (χ2n) is 5.70. The van der Waals surface area contributed by atoms with Gasteiger partial charge in [0, 0.05) is 41.3 Å². The first-order valence-electron chi connectivity index (χ1n) is 7.51. The summed E-state index contributed by atoms with van der Waals surface area (Å²) in [6, 6.07) is 6.04. The minimum Gasteiger partial charge on any atom is -0.396 e. The average Bonchev–Trinajstić information content (AvgIpc) is 2.99. The predicted molar refractivity (Wildman–Crippen MR) is 87.0 cm³/mol. The molecule has 0 aromatic heterocycles. The number of halogens is 2. The zero-order valence-corrected chi connectivity index (χ0v) is 13.8. The van der Waals surface area contributed by atoms with Gasteiger partial charge < -0.3 is 15.2 Å². The molecular formula is C16H23Cl2NO2. The molecule has 2 rings (SSSR count). The fraction of sp³-hybridized carbons (Fsp3) is 0.625. The van der Waals surface area contributed by atoms with E-state index in [-0.39, 0.29) is 12.6 Å². The summed E-state index contributed by atoms with van der Waals surface area (Å²) in [6.45, 7) is 3.90. The van der Waals surface area contributed by atoms with Crippen molar-refractivity contribution in [2.24, 2.45) is 5.92 Å². The maximum atomic E-state index is 8.97. The molecule has 1 aromatic rings. The van der Waals surface area contributed by atoms with Crippen LogP contribution in [0.5, 0.6) is 0 Å². The van der Waals surface area contributed by atoms with Crippen LogP contribution in [0.3, 0.4) is 0 Å². The van der Waals surface area contributed by atoms with E-state index < -0.39 is 0 Å². The second-order valence-corrected chi connectivity index (χ2v) is 6.54. The lowest BCUT2D eigenvalue weighted by Crippen LogP contribution is -2.35. The Morgan fingerprint density at radius 1 is 1.43 bits per heavy atom. The monoisotopic (exact) mass is 331 g/mol. The maximum Gasteiger partial charge on any atom is 0.0513 e. The Balaban J connectivity index is 2.17. The fourth-order valence-corrected chi connectivity index (χ4v) is 3.25. The van der Waals surface area contributed by atoms with Crippen molar-refractivity contribution in [2.75, 3.05) is 19.8 Å². The van der Waals surface area contributed by atoms with Gasteiger partial charge in [-0.05, 0) is 49.9 Å². The Morgan fingerprint density at radius 3 is 2.90 bits per heavy atom. The Labute approximate surface area is 136 Å². The van der Waals surface area contributed by atoms with Crippen molar-refractivity contribution in [3.05, 3.63) is 33.8 Å². The van der Waals surface area contributed by atoms with Gasteiger partial charge in [0.05, 0.1) is 6.61 Å². The molecule has 1 fully saturated rings. The highest BCUT2D eigenvalue weighted by Crippen LogP contribution is 2.35. The molecular weight excluding hydrogens is 309 g/mol. The number of hydrogen-bond acceptors (Lipinski definition) is 3. The van der Waals surface area contributed by atoms with Crippen molar-refractivity contribution < 1.29 is 9.84 Å². The van der Waals surface area contributed by atoms with Gasteiger partial charge >= 0.3 is 0 Å². The van der Waals surface area contributed by atoms with E-state index in [1.165, 1.54) is 0 Å². The molecule has 3 nitrogen and oxygen atoms in total. The van der Waals surface area contributed by atoms with Crippen LogP contribution in [0.2, 0.25) is 10.0 Å². The Kier molecular flexibility index (Phi) is 6.77. The molecule has 0 spiro atoms. The first kappa shape index (κ1) is 17.0. The number of aliphatic hydroxyl groups excluding tert-OH is 1. The number of nitrogens with one attached hydrogen (secondary N) is 1. The number of benzene rings is 1. The lowest BCUT2D eigenvalue weighted by Gasteiger charge is -2.29. The zero-order chi connectivity index (χ0) is 15.2. The van der Waals surface area contributed by atoms with Crippen molar-refractivity contribution >= 4 is 23.2 Å². The van der Waals surface area contributed by atoms with Crippen molar-refractivity contribution in [1.29, 1.82) is 0 Å². The fourth-order valence-electron chi connectivity index (χ4n) is 2.84. The quantitative estimate of drug-likeness (QED) is 0.797. The summed E-state index contributed by atoms with van der Waals surface area (Å²) in [5, 5.41) is 14.0. The van der Waals surface area contributed by atoms with Crippen LogP contribution in [0, 0.1) is 5.92 Å². The molecule has 0 bridgehead atoms. The lowest BCUT2D eigenvalue weighted by molar-refractivity contribution is 0.174. The Morgan fingerprint density at radius 2 is 2.24 bits per heavy atom. The third-order valence-corrected chi connectivity index (χ3v) is 4.57. The SMILES string of the molecule is CC(CCCO)NC(c1cc(Cl)ccc1Cl)C1CCOC1. The third kappa shape index (κ3) is 4.83. The predicted octanol–water partition coefficient (Wildman–Crippen LogP) is 3.82. The summed E-state index contributed by atoms with van der Waals surface area (Å²) in [7, 11) is 0. The van der Waals surface area contributed by atoms with E-state index in [1.54, 1.807) is 0 Å². The smallest absolute Gasteiger partial charge is 0.0513 e. The highest BCUT2D eigenvalue weighted by atomic mass is 35.5. The molecule has 3 unspecified atom stereocenters. The Hall–Kier alpha value is -0.320. The molecule has 1 aromatic carbocycles. The van der Waals surface area contributed by atoms with E-state index in [1.807, 2.05) is 18.2 Å². The van der Waals surface area contributed by atoms with Gasteiger partial charge in [0.15, 0.2) is 0 Å². The zero-order valence-electron chi connectivity index (χ0n) is 12.3. The molecule has 118 valence electrons. The summed E-state index contributed by atoms with van der Waals surface area (Å²) in [6.07, 6.45) is 2.75. The van der Waals surface area contributed by atoms with Crippen LogP contribution in [-0.4, -0.2) is 31.0 Å². The van der Waals surface area contributed by atoms with Crippen LogP contribution in [0.4, 0.5) is 0 Å². The van der Waals surface area contributed by atoms with Crippen molar-refractivity contribution in [3.63, 3.8) is 0 Å². The van der Waals surface area contributed by atoms with Gasteiger partial charge in [-0.1, -0.05) is 23.2 Å². The second kappa shape index (κ2) is 8.35. The van der Waals surface area contributed by atoms with E-state index in [0.29, 0.717) is 17.0 Å². The molecule has 0 saturated carbocycles. The Bertz CT molecular complexity index is 450. The van der Waals surface area contributed by atoms with Gasteiger partial charge in [0.1, 0.15) is 0 Å². The molecule has 0 amide bonds. The average molecular weight is 332 g/mol. The molecule has 0 radical (unpaired) electrons. The van der Waals surface area contributed by atoms with Crippen LogP contribution in [0.25, 0.3) is 0 Å². The van der Waals surface area contributed by atoms with Gasteiger partial charge in [0.2, 0.25) is 0 Å². The van der Waals surface area contributed by atoms with E-state index >= 15 is 0 Å². The van der Waals surface area contributed by atoms with Crippen molar-refractivity contribution in [1.82, 2.24) is 5.32 Å². The molecule has 1 aliphatic heterocycles. The molecule has 3 atom stereocenters. The number of aliphatic hydroxyl groups is 1. The van der Waals surface area contributed by atoms with E-state index in [9.17, 15) is 0 Å². The normalized spacial score (nSPS) is 21.4. The molecule has 1 heterocycles. The summed E-state index contributed by atoms with van der Waals surface area (Å²) in [4.78, 5) is 0. The molecule has 1 aliphatic rings. The molecule has 21 heavy (non-hydrogen) atoms. The summed E-state index contributed by atoms with van der Waals surface area (Å²) in [5.41, 5.74) is 1.04. The van der Waals surface area contributed by atoms with Gasteiger partial charge in [0.25, 0.3) is 0 Å². The summed E-state index contributed by atoms with van der Waals surface area (Å²) >= 11 is 12.5. The van der Waals surface area contributed by atoms with E-state index in [2.05, 4.69) is 12.2 Å². The van der Waals surface area contributed by atoms with Crippen molar-refractivity contribution in [2.45, 2.75) is 38.3 Å². The highest BCUT2D eigenvalue weighted by Gasteiger charge is 2.29. The minimum atomic E-state index is 0.132. The third-order valence-electron chi connectivity index (χ3n) is 3.99. The van der Waals surface area contributed by atoms with Gasteiger partial charge in [-0.2, -0.15) is 0 Å².